The van der Waals surface area contributed by atoms with Gasteiger partial charge in [-0.1, -0.05) is 0 Å². The molecule has 0 saturated heterocycles. The molecule has 0 saturated carbocycles. The van der Waals surface area contributed by atoms with Gasteiger partial charge in [0.05, 0.1) is 13.1 Å². The average molecular weight is 479 g/mol. The van der Waals surface area contributed by atoms with E-state index in [4.69, 9.17) is 4.42 Å². The summed E-state index contributed by atoms with van der Waals surface area (Å²) >= 11 is 0. The number of carbonyl (C=O) groups excluding carboxylic acids is 2. The summed E-state index contributed by atoms with van der Waals surface area (Å²) in [5.74, 6) is 0.930. The summed E-state index contributed by atoms with van der Waals surface area (Å²) in [6.07, 6.45) is 0. The Hall–Kier alpha value is -4.11. The van der Waals surface area contributed by atoms with E-state index in [1.54, 1.807) is 24.3 Å². The third kappa shape index (κ3) is 5.10. The SMILES string of the molecule is Cl.O=C(Nc1ccc(C2=NCCN2)cc1)c1ccc(C(=O)Nc2ccc(C3=NCCN3)cc2)o1. The largest absolute Gasteiger partial charge is 0.446 e. The van der Waals surface area contributed by atoms with Gasteiger partial charge >= 0.3 is 0 Å². The number of anilines is 2. The van der Waals surface area contributed by atoms with Crippen LogP contribution in [-0.4, -0.2) is 49.7 Å². The number of carbonyl (C=O) groups is 2. The van der Waals surface area contributed by atoms with E-state index in [0.717, 1.165) is 49.0 Å². The first kappa shape index (κ1) is 23.1. The highest BCUT2D eigenvalue weighted by Crippen LogP contribution is 2.16. The molecule has 1 aromatic heterocycles. The van der Waals surface area contributed by atoms with Crippen molar-refractivity contribution < 1.29 is 14.0 Å². The van der Waals surface area contributed by atoms with Crippen molar-refractivity contribution in [1.82, 2.24) is 10.6 Å². The fourth-order valence-corrected chi connectivity index (χ4v) is 3.57. The number of amides is 2. The highest BCUT2D eigenvalue weighted by atomic mass is 35.5. The number of benzene rings is 2. The smallest absolute Gasteiger partial charge is 0.291 e. The monoisotopic (exact) mass is 478 g/mol. The molecule has 3 aromatic rings. The van der Waals surface area contributed by atoms with Crippen molar-refractivity contribution in [3.05, 3.63) is 83.3 Å². The molecule has 0 unspecified atom stereocenters. The Labute approximate surface area is 202 Å². The van der Waals surface area contributed by atoms with Crippen LogP contribution < -0.4 is 21.3 Å². The van der Waals surface area contributed by atoms with Crippen LogP contribution >= 0.6 is 12.4 Å². The Kier molecular flexibility index (Phi) is 6.93. The number of amidine groups is 2. The van der Waals surface area contributed by atoms with Gasteiger partial charge < -0.3 is 25.7 Å². The molecule has 34 heavy (non-hydrogen) atoms. The third-order valence-corrected chi connectivity index (χ3v) is 5.23. The molecule has 174 valence electrons. The quantitative estimate of drug-likeness (QED) is 0.434. The lowest BCUT2D eigenvalue weighted by Gasteiger charge is -2.06. The topological polar surface area (TPSA) is 120 Å². The van der Waals surface area contributed by atoms with Gasteiger partial charge in [-0.05, 0) is 60.7 Å². The number of aliphatic imine (C=N–C) groups is 2. The van der Waals surface area contributed by atoms with Crippen molar-refractivity contribution >= 4 is 47.3 Å². The first-order valence-electron chi connectivity index (χ1n) is 10.7. The van der Waals surface area contributed by atoms with Gasteiger partial charge in [-0.3, -0.25) is 19.6 Å². The second-order valence-corrected chi connectivity index (χ2v) is 7.54. The Balaban J connectivity index is 0.00000274. The fraction of sp³-hybridized carbons (Fsp3) is 0.167. The number of hydrogen-bond donors (Lipinski definition) is 4. The van der Waals surface area contributed by atoms with Gasteiger partial charge in [0, 0.05) is 35.6 Å². The van der Waals surface area contributed by atoms with E-state index in [0.29, 0.717) is 11.4 Å². The second kappa shape index (κ2) is 10.2. The molecule has 3 heterocycles. The number of nitrogens with one attached hydrogen (secondary N) is 4. The van der Waals surface area contributed by atoms with Gasteiger partial charge in [0.25, 0.3) is 11.8 Å². The fourth-order valence-electron chi connectivity index (χ4n) is 3.57. The van der Waals surface area contributed by atoms with Crippen molar-refractivity contribution in [3.63, 3.8) is 0 Å². The highest BCUT2D eigenvalue weighted by Gasteiger charge is 2.17. The predicted octanol–water partition coefficient (Wildman–Crippen LogP) is 2.91. The number of nitrogens with zero attached hydrogens (tertiary/aromatic N) is 2. The molecule has 2 aliphatic heterocycles. The van der Waals surface area contributed by atoms with Crippen molar-refractivity contribution in [2.75, 3.05) is 36.8 Å². The molecule has 0 atom stereocenters. The standard InChI is InChI=1S/C24H22N6O3.ClH/c31-23(29-17-5-1-15(2-6-17)21-25-11-12-26-21)19-9-10-20(33-19)24(32)30-18-7-3-16(4-8-18)22-27-13-14-28-22;/h1-10H,11-14H2,(H,25,26)(H,27,28)(H,29,31)(H,30,32);1H. The van der Waals surface area contributed by atoms with Gasteiger partial charge in [0.2, 0.25) is 0 Å². The van der Waals surface area contributed by atoms with E-state index in [9.17, 15) is 9.59 Å². The lowest BCUT2D eigenvalue weighted by Crippen LogP contribution is -2.19. The minimum atomic E-state index is -0.438. The average Bonchev–Trinajstić information content (AvgIpc) is 3.63. The summed E-state index contributed by atoms with van der Waals surface area (Å²) in [5, 5.41) is 12.0. The summed E-state index contributed by atoms with van der Waals surface area (Å²) in [7, 11) is 0. The summed E-state index contributed by atoms with van der Waals surface area (Å²) in [6, 6.07) is 17.7. The lowest BCUT2D eigenvalue weighted by molar-refractivity contribution is 0.0974. The van der Waals surface area contributed by atoms with E-state index < -0.39 is 11.8 Å². The normalized spacial score (nSPS) is 14.2. The van der Waals surface area contributed by atoms with Crippen LogP contribution in [0.1, 0.15) is 32.2 Å². The molecule has 2 aliphatic rings. The van der Waals surface area contributed by atoms with Crippen LogP contribution in [0.2, 0.25) is 0 Å². The maximum absolute atomic E-state index is 12.5. The minimum absolute atomic E-state index is 0. The first-order chi connectivity index (χ1) is 16.2. The van der Waals surface area contributed by atoms with Crippen molar-refractivity contribution in [2.45, 2.75) is 0 Å². The molecular formula is C24H23ClN6O3. The molecular weight excluding hydrogens is 456 g/mol. The van der Waals surface area contributed by atoms with E-state index in [-0.39, 0.29) is 23.9 Å². The van der Waals surface area contributed by atoms with Crippen LogP contribution in [0.5, 0.6) is 0 Å². The van der Waals surface area contributed by atoms with Crippen LogP contribution in [0.15, 0.2) is 75.1 Å². The van der Waals surface area contributed by atoms with Crippen molar-refractivity contribution in [2.24, 2.45) is 9.98 Å². The second-order valence-electron chi connectivity index (χ2n) is 7.54. The number of hydrogen-bond acceptors (Lipinski definition) is 7. The Morgan fingerprint density at radius 1 is 0.676 bits per heavy atom. The molecule has 4 N–H and O–H groups in total. The molecule has 0 fully saturated rings. The van der Waals surface area contributed by atoms with E-state index in [2.05, 4.69) is 31.3 Å². The van der Waals surface area contributed by atoms with Gasteiger partial charge in [0.1, 0.15) is 11.7 Å². The van der Waals surface area contributed by atoms with E-state index >= 15 is 0 Å². The van der Waals surface area contributed by atoms with Crippen LogP contribution in [-0.2, 0) is 0 Å². The van der Waals surface area contributed by atoms with Crippen molar-refractivity contribution in [3.8, 4) is 0 Å². The molecule has 0 spiro atoms. The molecule has 2 amide bonds. The van der Waals surface area contributed by atoms with Gasteiger partial charge in [0.15, 0.2) is 11.5 Å². The van der Waals surface area contributed by atoms with Gasteiger partial charge in [-0.25, -0.2) is 0 Å². The van der Waals surface area contributed by atoms with Crippen LogP contribution in [0.3, 0.4) is 0 Å². The zero-order valence-electron chi connectivity index (χ0n) is 18.1. The van der Waals surface area contributed by atoms with Gasteiger partial charge in [-0.2, -0.15) is 0 Å². The summed E-state index contributed by atoms with van der Waals surface area (Å²) in [4.78, 5) is 33.8. The molecule has 0 radical (unpaired) electrons. The molecule has 0 bridgehead atoms. The van der Waals surface area contributed by atoms with E-state index in [1.807, 2.05) is 24.3 Å². The zero-order chi connectivity index (χ0) is 22.6. The maximum Gasteiger partial charge on any atom is 0.291 e. The molecule has 0 aliphatic carbocycles. The van der Waals surface area contributed by atoms with Crippen LogP contribution in [0.4, 0.5) is 11.4 Å². The Morgan fingerprint density at radius 2 is 1.09 bits per heavy atom. The molecule has 2 aromatic carbocycles. The van der Waals surface area contributed by atoms with Gasteiger partial charge in [-0.15, -0.1) is 12.4 Å². The highest BCUT2D eigenvalue weighted by molar-refractivity contribution is 6.06. The first-order valence-corrected chi connectivity index (χ1v) is 10.7. The van der Waals surface area contributed by atoms with Crippen molar-refractivity contribution in [1.29, 1.82) is 0 Å². The van der Waals surface area contributed by atoms with E-state index in [1.165, 1.54) is 12.1 Å². The third-order valence-electron chi connectivity index (χ3n) is 5.23. The molecule has 5 rings (SSSR count). The summed E-state index contributed by atoms with van der Waals surface area (Å²) in [6.45, 7) is 3.20. The predicted molar refractivity (Wildman–Crippen MR) is 134 cm³/mol. The maximum atomic E-state index is 12.5. The number of rotatable bonds is 6. The zero-order valence-corrected chi connectivity index (χ0v) is 18.9. The number of halogens is 1. The Morgan fingerprint density at radius 3 is 1.44 bits per heavy atom. The summed E-state index contributed by atoms with van der Waals surface area (Å²) in [5.41, 5.74) is 3.16. The lowest BCUT2D eigenvalue weighted by atomic mass is 10.2. The minimum Gasteiger partial charge on any atom is -0.446 e. The summed E-state index contributed by atoms with van der Waals surface area (Å²) < 4.78 is 5.48. The Bertz CT molecular complexity index is 1150. The van der Waals surface area contributed by atoms with Crippen LogP contribution in [0, 0.1) is 0 Å². The molecule has 9 nitrogen and oxygen atoms in total. The number of furan rings is 1. The molecule has 10 heteroatoms. The van der Waals surface area contributed by atoms with Crippen LogP contribution in [0.25, 0.3) is 0 Å².